The standard InChI is InChI=1S/C28H34N4O3.C26H31N3O3/c29-27(34)24(18-21-19-30-23-14-8-7-13-22(21)23)31-28(35)25-15-9-17-32(25)26(33)16-6-2-5-12-20-10-3-1-4-11-20;27-26(32)24(17-20-18-28-23-14-8-7-13-22(20)23)29-25(31)16-15-21(30)12-6-2-5-11-19-9-3-1-4-10-19/h1,3-4,7-8,10-11,13-14,19,24-25,30H,2,5-6,9,12,15-18H2,(H2,29,34)(H,31,35);1,3-4,7-10,13-14,18,24,28H,2,5-6,11-12,15-17H2,(H2,27,32)(H,29,31). The number of aromatic nitrogens is 2. The Labute approximate surface area is 392 Å². The monoisotopic (exact) mass is 907 g/mol. The minimum absolute atomic E-state index is 0.00890. The van der Waals surface area contributed by atoms with Crippen LogP contribution in [0.2, 0.25) is 0 Å². The molecule has 1 aliphatic rings. The van der Waals surface area contributed by atoms with Crippen LogP contribution in [0.5, 0.6) is 0 Å². The van der Waals surface area contributed by atoms with Crippen LogP contribution >= 0.6 is 0 Å². The summed E-state index contributed by atoms with van der Waals surface area (Å²) in [4.78, 5) is 82.4. The topological polar surface area (TPSA) is 213 Å². The Balaban J connectivity index is 0.000000222. The summed E-state index contributed by atoms with van der Waals surface area (Å²) < 4.78 is 0. The molecule has 0 saturated carbocycles. The predicted octanol–water partition coefficient (Wildman–Crippen LogP) is 7.31. The molecule has 3 atom stereocenters. The van der Waals surface area contributed by atoms with E-state index >= 15 is 0 Å². The van der Waals surface area contributed by atoms with Crippen molar-refractivity contribution in [1.29, 1.82) is 0 Å². The van der Waals surface area contributed by atoms with Crippen LogP contribution in [0.25, 0.3) is 21.8 Å². The molecule has 1 saturated heterocycles. The highest BCUT2D eigenvalue weighted by Crippen LogP contribution is 2.23. The van der Waals surface area contributed by atoms with Gasteiger partial charge < -0.3 is 37.0 Å². The lowest BCUT2D eigenvalue weighted by Crippen LogP contribution is -2.53. The molecule has 6 aromatic rings. The number of nitrogens with two attached hydrogens (primary N) is 2. The molecule has 4 aromatic carbocycles. The number of nitrogens with one attached hydrogen (secondary N) is 4. The number of primary amides is 2. The van der Waals surface area contributed by atoms with Crippen LogP contribution in [-0.2, 0) is 54.5 Å². The number of fused-ring (bicyclic) bond motifs is 2. The zero-order valence-electron chi connectivity index (χ0n) is 38.4. The number of H-pyrrole nitrogens is 2. The second-order valence-corrected chi connectivity index (χ2v) is 17.5. The zero-order valence-corrected chi connectivity index (χ0v) is 38.4. The summed E-state index contributed by atoms with van der Waals surface area (Å²) in [6, 6.07) is 34.0. The number of carbonyl (C=O) groups is 6. The Bertz CT molecular complexity index is 2550. The lowest BCUT2D eigenvalue weighted by Gasteiger charge is -2.26. The second-order valence-electron chi connectivity index (χ2n) is 17.5. The van der Waals surface area contributed by atoms with Gasteiger partial charge in [-0.2, -0.15) is 0 Å². The van der Waals surface area contributed by atoms with Gasteiger partial charge in [-0.3, -0.25) is 28.8 Å². The number of aryl methyl sites for hydroxylation is 2. The van der Waals surface area contributed by atoms with E-state index in [4.69, 9.17) is 11.5 Å². The molecule has 67 heavy (non-hydrogen) atoms. The summed E-state index contributed by atoms with van der Waals surface area (Å²) in [6.45, 7) is 0.574. The van der Waals surface area contributed by atoms with Crippen molar-refractivity contribution in [2.45, 2.75) is 121 Å². The average Bonchev–Trinajstić information content (AvgIpc) is 4.11. The van der Waals surface area contributed by atoms with Gasteiger partial charge in [-0.1, -0.05) is 110 Å². The number of carbonyl (C=O) groups excluding carboxylic acids is 6. The van der Waals surface area contributed by atoms with E-state index in [1.165, 1.54) is 11.1 Å². The van der Waals surface area contributed by atoms with Crippen molar-refractivity contribution in [2.75, 3.05) is 6.54 Å². The Morgan fingerprint density at radius 3 is 1.60 bits per heavy atom. The minimum Gasteiger partial charge on any atom is -0.368 e. The van der Waals surface area contributed by atoms with Crippen LogP contribution in [0.1, 0.15) is 99.3 Å². The highest BCUT2D eigenvalue weighted by molar-refractivity contribution is 5.93. The molecule has 2 aromatic heterocycles. The fraction of sp³-hybridized carbons (Fsp3) is 0.370. The van der Waals surface area contributed by atoms with Gasteiger partial charge in [0.25, 0.3) is 0 Å². The van der Waals surface area contributed by atoms with Gasteiger partial charge >= 0.3 is 0 Å². The van der Waals surface area contributed by atoms with E-state index in [1.807, 2.05) is 97.3 Å². The molecule has 0 radical (unpaired) electrons. The van der Waals surface area contributed by atoms with Gasteiger partial charge in [0.1, 0.15) is 23.9 Å². The third kappa shape index (κ3) is 15.3. The van der Waals surface area contributed by atoms with Crippen LogP contribution < -0.4 is 22.1 Å². The predicted molar refractivity (Wildman–Crippen MR) is 262 cm³/mol. The fourth-order valence-electron chi connectivity index (χ4n) is 8.78. The Hall–Kier alpha value is -7.02. The summed E-state index contributed by atoms with van der Waals surface area (Å²) in [7, 11) is 0. The van der Waals surface area contributed by atoms with Crippen molar-refractivity contribution in [3.63, 3.8) is 0 Å². The third-order valence-corrected chi connectivity index (χ3v) is 12.5. The lowest BCUT2D eigenvalue weighted by atomic mass is 10.0. The number of amides is 5. The molecule has 5 amide bonds. The number of unbranched alkanes of at least 4 members (excludes halogenated alkanes) is 4. The number of para-hydroxylation sites is 2. The van der Waals surface area contributed by atoms with Gasteiger partial charge in [0.05, 0.1) is 0 Å². The smallest absolute Gasteiger partial charge is 0.243 e. The molecule has 13 nitrogen and oxygen atoms in total. The summed E-state index contributed by atoms with van der Waals surface area (Å²) in [6.07, 6.45) is 14.5. The number of likely N-dealkylation sites (tertiary alicyclic amines) is 1. The van der Waals surface area contributed by atoms with Crippen molar-refractivity contribution in [3.8, 4) is 0 Å². The first-order valence-corrected chi connectivity index (χ1v) is 23.7. The van der Waals surface area contributed by atoms with Crippen LogP contribution in [0.3, 0.4) is 0 Å². The quantitative estimate of drug-likeness (QED) is 0.0343. The summed E-state index contributed by atoms with van der Waals surface area (Å²) in [5.41, 5.74) is 17.5. The maximum absolute atomic E-state index is 13.1. The van der Waals surface area contributed by atoms with Crippen molar-refractivity contribution in [3.05, 3.63) is 144 Å². The van der Waals surface area contributed by atoms with Gasteiger partial charge in [-0.25, -0.2) is 0 Å². The number of Topliss-reactive ketones (excluding diaryl/α,β-unsaturated/α-hetero) is 1. The molecule has 352 valence electrons. The maximum Gasteiger partial charge on any atom is 0.243 e. The van der Waals surface area contributed by atoms with E-state index in [2.05, 4.69) is 44.9 Å². The molecule has 8 N–H and O–H groups in total. The first-order valence-electron chi connectivity index (χ1n) is 23.7. The maximum atomic E-state index is 13.1. The molecule has 1 fully saturated rings. The number of hydrogen-bond donors (Lipinski definition) is 6. The minimum atomic E-state index is -0.836. The SMILES string of the molecule is NC(=O)C(Cc1c[nH]c2ccccc12)NC(=O)C1CCCN1C(=O)CCCCCc1ccccc1.NC(=O)C(Cc1c[nH]c2ccccc12)NC(=O)CCC(=O)CCCCCc1ccccc1. The number of benzene rings is 4. The van der Waals surface area contributed by atoms with E-state index < -0.39 is 29.9 Å². The van der Waals surface area contributed by atoms with Crippen molar-refractivity contribution < 1.29 is 28.8 Å². The van der Waals surface area contributed by atoms with Crippen molar-refractivity contribution in [2.24, 2.45) is 11.5 Å². The molecular formula is C54H65N7O6. The van der Waals surface area contributed by atoms with Gasteiger partial charge in [0, 0.05) is 79.3 Å². The largest absolute Gasteiger partial charge is 0.368 e. The van der Waals surface area contributed by atoms with Crippen molar-refractivity contribution >= 4 is 57.1 Å². The van der Waals surface area contributed by atoms with E-state index in [0.717, 1.165) is 90.7 Å². The van der Waals surface area contributed by atoms with E-state index in [0.29, 0.717) is 38.6 Å². The van der Waals surface area contributed by atoms with Crippen molar-refractivity contribution in [1.82, 2.24) is 25.5 Å². The van der Waals surface area contributed by atoms with Crippen LogP contribution in [0, 0.1) is 0 Å². The van der Waals surface area contributed by atoms with Gasteiger partial charge in [-0.15, -0.1) is 0 Å². The molecule has 0 aliphatic carbocycles. The van der Waals surface area contributed by atoms with E-state index in [1.54, 1.807) is 4.90 Å². The third-order valence-electron chi connectivity index (χ3n) is 12.5. The van der Waals surface area contributed by atoms with Crippen LogP contribution in [0.15, 0.2) is 122 Å². The second kappa shape index (κ2) is 25.6. The number of aromatic amines is 2. The Morgan fingerprint density at radius 1 is 0.567 bits per heavy atom. The summed E-state index contributed by atoms with van der Waals surface area (Å²) in [5.74, 6) is -1.72. The molecule has 13 heteroatoms. The number of hydrogen-bond acceptors (Lipinski definition) is 6. The first kappa shape index (κ1) is 49.4. The van der Waals surface area contributed by atoms with Gasteiger partial charge in [0.15, 0.2) is 0 Å². The zero-order chi connectivity index (χ0) is 47.4. The molecule has 0 bridgehead atoms. The van der Waals surface area contributed by atoms with E-state index in [-0.39, 0.29) is 36.3 Å². The summed E-state index contributed by atoms with van der Waals surface area (Å²) in [5, 5.41) is 7.50. The highest BCUT2D eigenvalue weighted by Gasteiger charge is 2.35. The normalized spacial score (nSPS) is 14.2. The van der Waals surface area contributed by atoms with Gasteiger partial charge in [0.2, 0.25) is 29.5 Å². The lowest BCUT2D eigenvalue weighted by molar-refractivity contribution is -0.139. The fourth-order valence-corrected chi connectivity index (χ4v) is 8.78. The first-order chi connectivity index (χ1) is 32.5. The Morgan fingerprint density at radius 2 is 1.06 bits per heavy atom. The molecule has 1 aliphatic heterocycles. The summed E-state index contributed by atoms with van der Waals surface area (Å²) >= 11 is 0. The molecule has 3 heterocycles. The van der Waals surface area contributed by atoms with E-state index in [9.17, 15) is 28.8 Å². The number of rotatable bonds is 24. The molecule has 3 unspecified atom stereocenters. The number of ketones is 1. The average molecular weight is 908 g/mol. The van der Waals surface area contributed by atoms with Crippen LogP contribution in [0.4, 0.5) is 0 Å². The molecule has 7 rings (SSSR count). The molecule has 0 spiro atoms. The highest BCUT2D eigenvalue weighted by atomic mass is 16.2. The van der Waals surface area contributed by atoms with Gasteiger partial charge in [-0.05, 0) is 85.8 Å². The Kier molecular flexibility index (Phi) is 18.9. The molecular weight excluding hydrogens is 843 g/mol. The van der Waals surface area contributed by atoms with Crippen LogP contribution in [-0.4, -0.2) is 74.9 Å². The number of nitrogens with zero attached hydrogens (tertiary/aromatic N) is 1.